The van der Waals surface area contributed by atoms with Crippen LogP contribution in [0.15, 0.2) is 18.3 Å². The van der Waals surface area contributed by atoms with E-state index in [0.29, 0.717) is 6.04 Å². The molecule has 0 radical (unpaired) electrons. The van der Waals surface area contributed by atoms with Gasteiger partial charge in [0.25, 0.3) is 0 Å². The number of hydrogen-bond acceptors (Lipinski definition) is 4. The van der Waals surface area contributed by atoms with E-state index in [1.54, 1.807) is 0 Å². The molecule has 2 aliphatic heterocycles. The topological polar surface area (TPSA) is 45.4 Å². The number of rotatable bonds is 2. The average Bonchev–Trinajstić information content (AvgIpc) is 2.46. The molecule has 2 N–H and O–H groups in total. The van der Waals surface area contributed by atoms with Crippen molar-refractivity contribution < 1.29 is 0 Å². The van der Waals surface area contributed by atoms with Crippen molar-refractivity contribution in [2.75, 3.05) is 31.1 Å². The van der Waals surface area contributed by atoms with Gasteiger partial charge in [0.2, 0.25) is 0 Å². The molecule has 0 aromatic carbocycles. The standard InChI is InChI=1S/C15H24N4/c1-12(16)14-6-4-7-17-15(14)19-10-9-18-8-3-2-5-13(18)11-19/h4,6-7,12-13H,2-3,5,8-11,16H2,1H3/t12-,13?/m1/s1. The van der Waals surface area contributed by atoms with E-state index in [4.69, 9.17) is 5.73 Å². The Morgan fingerprint density at radius 2 is 2.21 bits per heavy atom. The van der Waals surface area contributed by atoms with Crippen LogP contribution in [0.3, 0.4) is 0 Å². The van der Waals surface area contributed by atoms with Crippen LogP contribution in [-0.2, 0) is 0 Å². The summed E-state index contributed by atoms with van der Waals surface area (Å²) >= 11 is 0. The summed E-state index contributed by atoms with van der Waals surface area (Å²) in [6.07, 6.45) is 5.95. The second kappa shape index (κ2) is 5.47. The number of anilines is 1. The van der Waals surface area contributed by atoms with Gasteiger partial charge >= 0.3 is 0 Å². The second-order valence-corrected chi connectivity index (χ2v) is 5.84. The molecular formula is C15H24N4. The maximum Gasteiger partial charge on any atom is 0.133 e. The van der Waals surface area contributed by atoms with Crippen LogP contribution in [0.25, 0.3) is 0 Å². The number of hydrogen-bond donors (Lipinski definition) is 1. The Kier molecular flexibility index (Phi) is 3.71. The minimum Gasteiger partial charge on any atom is -0.353 e. The Balaban J connectivity index is 1.79. The van der Waals surface area contributed by atoms with Gasteiger partial charge in [-0.1, -0.05) is 12.5 Å². The summed E-state index contributed by atoms with van der Waals surface area (Å²) in [5.74, 6) is 1.10. The Morgan fingerprint density at radius 3 is 3.05 bits per heavy atom. The molecule has 2 atom stereocenters. The second-order valence-electron chi connectivity index (χ2n) is 5.84. The van der Waals surface area contributed by atoms with Crippen molar-refractivity contribution in [3.63, 3.8) is 0 Å². The molecule has 19 heavy (non-hydrogen) atoms. The van der Waals surface area contributed by atoms with E-state index in [1.165, 1.54) is 37.9 Å². The number of fused-ring (bicyclic) bond motifs is 1. The zero-order chi connectivity index (χ0) is 13.2. The molecular weight excluding hydrogens is 236 g/mol. The van der Waals surface area contributed by atoms with Crippen molar-refractivity contribution in [1.29, 1.82) is 0 Å². The predicted molar refractivity (Wildman–Crippen MR) is 78.3 cm³/mol. The first kappa shape index (κ1) is 12.9. The first-order chi connectivity index (χ1) is 9.25. The summed E-state index contributed by atoms with van der Waals surface area (Å²) < 4.78 is 0. The van der Waals surface area contributed by atoms with Crippen LogP contribution >= 0.6 is 0 Å². The fourth-order valence-corrected chi connectivity index (χ4v) is 3.38. The van der Waals surface area contributed by atoms with Crippen LogP contribution < -0.4 is 10.6 Å². The Bertz CT molecular complexity index is 432. The molecule has 2 saturated heterocycles. The number of aromatic nitrogens is 1. The third-order valence-corrected chi connectivity index (χ3v) is 4.44. The Morgan fingerprint density at radius 1 is 1.32 bits per heavy atom. The lowest BCUT2D eigenvalue weighted by Crippen LogP contribution is -2.55. The number of piperidine rings is 1. The molecule has 2 aliphatic rings. The number of nitrogens with two attached hydrogens (primary N) is 1. The first-order valence-corrected chi connectivity index (χ1v) is 7.45. The molecule has 0 saturated carbocycles. The maximum absolute atomic E-state index is 6.08. The maximum atomic E-state index is 6.08. The lowest BCUT2D eigenvalue weighted by Gasteiger charge is -2.45. The van der Waals surface area contributed by atoms with Crippen LogP contribution in [0.2, 0.25) is 0 Å². The largest absolute Gasteiger partial charge is 0.353 e. The van der Waals surface area contributed by atoms with Crippen LogP contribution in [0, 0.1) is 0 Å². The van der Waals surface area contributed by atoms with E-state index in [-0.39, 0.29) is 6.04 Å². The molecule has 104 valence electrons. The molecule has 1 unspecified atom stereocenters. The minimum atomic E-state index is 0.0492. The van der Waals surface area contributed by atoms with Crippen LogP contribution in [0.5, 0.6) is 0 Å². The fraction of sp³-hybridized carbons (Fsp3) is 0.667. The quantitative estimate of drug-likeness (QED) is 0.880. The predicted octanol–water partition coefficient (Wildman–Crippen LogP) is 1.78. The lowest BCUT2D eigenvalue weighted by atomic mass is 9.99. The Hall–Kier alpha value is -1.13. The van der Waals surface area contributed by atoms with Crippen LogP contribution in [0.4, 0.5) is 5.82 Å². The monoisotopic (exact) mass is 260 g/mol. The van der Waals surface area contributed by atoms with E-state index in [1.807, 2.05) is 19.2 Å². The molecule has 1 aromatic rings. The third kappa shape index (κ3) is 2.60. The van der Waals surface area contributed by atoms with Gasteiger partial charge in [0.1, 0.15) is 5.82 Å². The van der Waals surface area contributed by atoms with E-state index in [0.717, 1.165) is 18.9 Å². The van der Waals surface area contributed by atoms with E-state index in [2.05, 4.69) is 20.9 Å². The van der Waals surface area contributed by atoms with Gasteiger partial charge < -0.3 is 10.6 Å². The van der Waals surface area contributed by atoms with Crippen molar-refractivity contribution in [2.45, 2.75) is 38.3 Å². The van der Waals surface area contributed by atoms with Gasteiger partial charge in [-0.3, -0.25) is 4.90 Å². The number of piperazine rings is 1. The molecule has 0 spiro atoms. The smallest absolute Gasteiger partial charge is 0.133 e. The fourth-order valence-electron chi connectivity index (χ4n) is 3.38. The molecule has 4 heteroatoms. The highest BCUT2D eigenvalue weighted by Gasteiger charge is 2.30. The summed E-state index contributed by atoms with van der Waals surface area (Å²) in [7, 11) is 0. The van der Waals surface area contributed by atoms with E-state index < -0.39 is 0 Å². The summed E-state index contributed by atoms with van der Waals surface area (Å²) in [5.41, 5.74) is 7.25. The highest BCUT2D eigenvalue weighted by atomic mass is 15.3. The van der Waals surface area contributed by atoms with Crippen LogP contribution in [0.1, 0.15) is 37.8 Å². The van der Waals surface area contributed by atoms with Crippen molar-refractivity contribution >= 4 is 5.82 Å². The van der Waals surface area contributed by atoms with Gasteiger partial charge in [-0.25, -0.2) is 4.98 Å². The van der Waals surface area contributed by atoms with Gasteiger partial charge in [-0.2, -0.15) is 0 Å². The van der Waals surface area contributed by atoms with Crippen molar-refractivity contribution in [1.82, 2.24) is 9.88 Å². The molecule has 3 heterocycles. The zero-order valence-electron chi connectivity index (χ0n) is 11.8. The molecule has 0 aliphatic carbocycles. The van der Waals surface area contributed by atoms with Gasteiger partial charge in [-0.05, 0) is 32.4 Å². The zero-order valence-corrected chi connectivity index (χ0v) is 11.8. The SMILES string of the molecule is C[C@@H](N)c1cccnc1N1CCN2CCCCC2C1. The molecule has 3 rings (SSSR count). The van der Waals surface area contributed by atoms with Crippen molar-refractivity contribution in [3.8, 4) is 0 Å². The highest BCUT2D eigenvalue weighted by molar-refractivity contribution is 5.48. The average molecular weight is 260 g/mol. The number of nitrogens with zero attached hydrogens (tertiary/aromatic N) is 3. The molecule has 2 fully saturated rings. The molecule has 0 bridgehead atoms. The summed E-state index contributed by atoms with van der Waals surface area (Å²) in [4.78, 5) is 9.67. The highest BCUT2D eigenvalue weighted by Crippen LogP contribution is 2.27. The normalized spacial score (nSPS) is 26.0. The van der Waals surface area contributed by atoms with Gasteiger partial charge in [0, 0.05) is 43.5 Å². The van der Waals surface area contributed by atoms with Crippen molar-refractivity contribution in [2.24, 2.45) is 5.73 Å². The van der Waals surface area contributed by atoms with Gasteiger partial charge in [-0.15, -0.1) is 0 Å². The molecule has 0 amide bonds. The summed E-state index contributed by atoms with van der Waals surface area (Å²) in [6.45, 7) is 6.67. The first-order valence-electron chi connectivity index (χ1n) is 7.45. The van der Waals surface area contributed by atoms with E-state index in [9.17, 15) is 0 Å². The van der Waals surface area contributed by atoms with Crippen molar-refractivity contribution in [3.05, 3.63) is 23.9 Å². The Labute approximate surface area is 115 Å². The third-order valence-electron chi connectivity index (χ3n) is 4.44. The lowest BCUT2D eigenvalue weighted by molar-refractivity contribution is 0.133. The van der Waals surface area contributed by atoms with Gasteiger partial charge in [0.15, 0.2) is 0 Å². The van der Waals surface area contributed by atoms with E-state index >= 15 is 0 Å². The minimum absolute atomic E-state index is 0.0492. The molecule has 1 aromatic heterocycles. The van der Waals surface area contributed by atoms with Gasteiger partial charge in [0.05, 0.1) is 0 Å². The van der Waals surface area contributed by atoms with Crippen LogP contribution in [-0.4, -0.2) is 42.1 Å². The molecule has 4 nitrogen and oxygen atoms in total. The number of pyridine rings is 1. The summed E-state index contributed by atoms with van der Waals surface area (Å²) in [5, 5.41) is 0. The summed E-state index contributed by atoms with van der Waals surface area (Å²) in [6, 6.07) is 4.86.